The molecule has 0 aliphatic rings. The Hall–Kier alpha value is -1.20. The molecule has 0 fully saturated rings. The second-order valence-corrected chi connectivity index (χ2v) is 5.11. The number of benzene rings is 1. The monoisotopic (exact) mass is 309 g/mol. The highest BCUT2D eigenvalue weighted by molar-refractivity contribution is 9.10. The molecule has 1 N–H and O–H groups in total. The van der Waals surface area contributed by atoms with Crippen molar-refractivity contribution in [1.82, 2.24) is 15.5 Å². The van der Waals surface area contributed by atoms with E-state index in [1.165, 1.54) is 0 Å². The Bertz CT molecular complexity index is 504. The molecule has 0 saturated heterocycles. The molecule has 0 spiro atoms. The Morgan fingerprint density at radius 2 is 2.11 bits per heavy atom. The minimum atomic E-state index is 0.563. The molecule has 0 radical (unpaired) electrons. The van der Waals surface area contributed by atoms with Crippen LogP contribution in [0.3, 0.4) is 0 Å². The van der Waals surface area contributed by atoms with Crippen molar-refractivity contribution >= 4 is 15.9 Å². The van der Waals surface area contributed by atoms with Crippen molar-refractivity contribution in [2.75, 3.05) is 6.54 Å². The summed E-state index contributed by atoms with van der Waals surface area (Å²) in [7, 11) is 0. The Balaban J connectivity index is 2.13. The van der Waals surface area contributed by atoms with Gasteiger partial charge in [0.15, 0.2) is 0 Å². The van der Waals surface area contributed by atoms with E-state index in [1.54, 1.807) is 0 Å². The highest BCUT2D eigenvalue weighted by atomic mass is 79.9. The number of rotatable bonds is 5. The van der Waals surface area contributed by atoms with Crippen LogP contribution in [0.5, 0.6) is 0 Å². The largest absolute Gasteiger partial charge is 0.419 e. The molecule has 2 rings (SSSR count). The van der Waals surface area contributed by atoms with Gasteiger partial charge in [0.1, 0.15) is 0 Å². The van der Waals surface area contributed by atoms with Crippen LogP contribution in [0.15, 0.2) is 27.1 Å². The third kappa shape index (κ3) is 3.40. The second kappa shape index (κ2) is 6.11. The van der Waals surface area contributed by atoms with Gasteiger partial charge in [0.2, 0.25) is 11.8 Å². The van der Waals surface area contributed by atoms with Gasteiger partial charge >= 0.3 is 0 Å². The molecule has 1 aromatic heterocycles. The SMILES string of the molecule is CCCNCc1nnc(-c2cc(C)cc(Br)c2)o1. The van der Waals surface area contributed by atoms with Crippen molar-refractivity contribution in [3.8, 4) is 11.5 Å². The van der Waals surface area contributed by atoms with Gasteiger partial charge in [-0.05, 0) is 43.7 Å². The maximum Gasteiger partial charge on any atom is 0.247 e. The molecule has 0 unspecified atom stereocenters. The van der Waals surface area contributed by atoms with Gasteiger partial charge in [-0.1, -0.05) is 22.9 Å². The van der Waals surface area contributed by atoms with Gasteiger partial charge in [0.25, 0.3) is 0 Å². The lowest BCUT2D eigenvalue weighted by Gasteiger charge is -1.99. The minimum Gasteiger partial charge on any atom is -0.419 e. The first-order chi connectivity index (χ1) is 8.69. The summed E-state index contributed by atoms with van der Waals surface area (Å²) in [6, 6.07) is 6.05. The van der Waals surface area contributed by atoms with E-state index in [-0.39, 0.29) is 0 Å². The summed E-state index contributed by atoms with van der Waals surface area (Å²) < 4.78 is 6.64. The van der Waals surface area contributed by atoms with E-state index < -0.39 is 0 Å². The molecule has 0 bridgehead atoms. The Labute approximate surface area is 115 Å². The van der Waals surface area contributed by atoms with E-state index in [9.17, 15) is 0 Å². The zero-order valence-electron chi connectivity index (χ0n) is 10.5. The molecule has 1 aromatic carbocycles. The first-order valence-corrected chi connectivity index (χ1v) is 6.79. The summed E-state index contributed by atoms with van der Waals surface area (Å²) in [6.45, 7) is 5.73. The Morgan fingerprint density at radius 1 is 1.28 bits per heavy atom. The summed E-state index contributed by atoms with van der Waals surface area (Å²) in [5.74, 6) is 1.18. The summed E-state index contributed by atoms with van der Waals surface area (Å²) in [4.78, 5) is 0. The second-order valence-electron chi connectivity index (χ2n) is 4.19. The van der Waals surface area contributed by atoms with Crippen molar-refractivity contribution in [2.45, 2.75) is 26.8 Å². The highest BCUT2D eigenvalue weighted by Gasteiger charge is 2.09. The zero-order valence-corrected chi connectivity index (χ0v) is 12.1. The third-order valence-electron chi connectivity index (χ3n) is 2.46. The van der Waals surface area contributed by atoms with E-state index in [0.717, 1.165) is 28.6 Å². The van der Waals surface area contributed by atoms with Gasteiger partial charge in [-0.15, -0.1) is 10.2 Å². The lowest BCUT2D eigenvalue weighted by atomic mass is 10.1. The standard InChI is InChI=1S/C13H16BrN3O/c1-3-4-15-8-12-16-17-13(18-12)10-5-9(2)6-11(14)7-10/h5-7,15H,3-4,8H2,1-2H3. The predicted octanol–water partition coefficient (Wildman–Crippen LogP) is 3.31. The summed E-state index contributed by atoms with van der Waals surface area (Å²) in [5.41, 5.74) is 2.10. The number of hydrogen-bond acceptors (Lipinski definition) is 4. The normalized spacial score (nSPS) is 10.8. The van der Waals surface area contributed by atoms with Gasteiger partial charge in [0, 0.05) is 10.0 Å². The van der Waals surface area contributed by atoms with Gasteiger partial charge in [-0.25, -0.2) is 0 Å². The molecule has 0 aliphatic heterocycles. The average molecular weight is 310 g/mol. The smallest absolute Gasteiger partial charge is 0.247 e. The first-order valence-electron chi connectivity index (χ1n) is 5.99. The fraction of sp³-hybridized carbons (Fsp3) is 0.385. The van der Waals surface area contributed by atoms with Crippen molar-refractivity contribution < 1.29 is 4.42 Å². The highest BCUT2D eigenvalue weighted by Crippen LogP contribution is 2.23. The van der Waals surface area contributed by atoms with Crippen LogP contribution < -0.4 is 5.32 Å². The molecule has 4 nitrogen and oxygen atoms in total. The van der Waals surface area contributed by atoms with E-state index in [4.69, 9.17) is 4.42 Å². The molecular weight excluding hydrogens is 294 g/mol. The van der Waals surface area contributed by atoms with E-state index in [1.807, 2.05) is 25.1 Å². The van der Waals surface area contributed by atoms with Crippen molar-refractivity contribution in [3.63, 3.8) is 0 Å². The molecule has 0 atom stereocenters. The van der Waals surface area contributed by atoms with Crippen LogP contribution in [0, 0.1) is 6.92 Å². The zero-order chi connectivity index (χ0) is 13.0. The number of aryl methyl sites for hydroxylation is 1. The average Bonchev–Trinajstić information content (AvgIpc) is 2.77. The van der Waals surface area contributed by atoms with Crippen LogP contribution in [-0.2, 0) is 6.54 Å². The van der Waals surface area contributed by atoms with Gasteiger partial charge in [0.05, 0.1) is 6.54 Å². The van der Waals surface area contributed by atoms with Crippen molar-refractivity contribution in [2.24, 2.45) is 0 Å². The molecule has 96 valence electrons. The van der Waals surface area contributed by atoms with Crippen LogP contribution >= 0.6 is 15.9 Å². The molecule has 0 amide bonds. The van der Waals surface area contributed by atoms with E-state index in [0.29, 0.717) is 18.3 Å². The van der Waals surface area contributed by atoms with Gasteiger partial charge < -0.3 is 9.73 Å². The van der Waals surface area contributed by atoms with Crippen LogP contribution in [0.25, 0.3) is 11.5 Å². The van der Waals surface area contributed by atoms with E-state index >= 15 is 0 Å². The number of hydrogen-bond donors (Lipinski definition) is 1. The van der Waals surface area contributed by atoms with Crippen LogP contribution in [0.4, 0.5) is 0 Å². The molecule has 0 saturated carbocycles. The fourth-order valence-corrected chi connectivity index (χ4v) is 2.28. The van der Waals surface area contributed by atoms with Crippen molar-refractivity contribution in [1.29, 1.82) is 0 Å². The Morgan fingerprint density at radius 3 is 2.83 bits per heavy atom. The maximum atomic E-state index is 5.62. The number of aromatic nitrogens is 2. The number of nitrogens with one attached hydrogen (secondary N) is 1. The number of halogens is 1. The molecule has 5 heteroatoms. The Kier molecular flexibility index (Phi) is 4.49. The summed E-state index contributed by atoms with van der Waals surface area (Å²) in [5, 5.41) is 11.3. The first kappa shape index (κ1) is 13.2. The molecular formula is C13H16BrN3O. The van der Waals surface area contributed by atoms with Gasteiger partial charge in [-0.2, -0.15) is 0 Å². The fourth-order valence-electron chi connectivity index (χ4n) is 1.67. The molecule has 0 aliphatic carbocycles. The predicted molar refractivity (Wildman–Crippen MR) is 74.2 cm³/mol. The van der Waals surface area contributed by atoms with Gasteiger partial charge in [-0.3, -0.25) is 0 Å². The lowest BCUT2D eigenvalue weighted by Crippen LogP contribution is -2.13. The van der Waals surface area contributed by atoms with Crippen LogP contribution in [0.2, 0.25) is 0 Å². The quantitative estimate of drug-likeness (QED) is 0.861. The lowest BCUT2D eigenvalue weighted by molar-refractivity contribution is 0.477. The molecule has 18 heavy (non-hydrogen) atoms. The molecule has 1 heterocycles. The summed E-state index contributed by atoms with van der Waals surface area (Å²) >= 11 is 3.47. The van der Waals surface area contributed by atoms with Crippen LogP contribution in [0.1, 0.15) is 24.8 Å². The van der Waals surface area contributed by atoms with E-state index in [2.05, 4.69) is 38.4 Å². The third-order valence-corrected chi connectivity index (χ3v) is 2.92. The number of nitrogens with zero attached hydrogens (tertiary/aromatic N) is 2. The maximum absolute atomic E-state index is 5.62. The topological polar surface area (TPSA) is 51.0 Å². The molecule has 2 aromatic rings. The minimum absolute atomic E-state index is 0.563. The summed E-state index contributed by atoms with van der Waals surface area (Å²) in [6.07, 6.45) is 1.09. The van der Waals surface area contributed by atoms with Crippen LogP contribution in [-0.4, -0.2) is 16.7 Å². The van der Waals surface area contributed by atoms with Crippen molar-refractivity contribution in [3.05, 3.63) is 34.1 Å².